The Labute approximate surface area is 102 Å². The molecule has 0 fully saturated rings. The molecule has 3 heteroatoms. The molecule has 0 atom stereocenters. The van der Waals surface area contributed by atoms with Gasteiger partial charge in [0.15, 0.2) is 0 Å². The summed E-state index contributed by atoms with van der Waals surface area (Å²) in [7, 11) is 1.61. The third-order valence-corrected chi connectivity index (χ3v) is 2.09. The summed E-state index contributed by atoms with van der Waals surface area (Å²) in [5, 5.41) is 2.78. The van der Waals surface area contributed by atoms with Crippen molar-refractivity contribution >= 4 is 11.6 Å². The van der Waals surface area contributed by atoms with E-state index in [2.05, 4.69) is 5.32 Å². The first kappa shape index (κ1) is 13.3. The average molecular weight is 233 g/mol. The Kier molecular flexibility index (Phi) is 4.32. The van der Waals surface area contributed by atoms with Crippen LogP contribution in [0.1, 0.15) is 20.8 Å². The molecule has 1 N–H and O–H groups in total. The number of methoxy groups -OCH3 is 1. The van der Waals surface area contributed by atoms with Crippen molar-refractivity contribution in [1.29, 1.82) is 0 Å². The van der Waals surface area contributed by atoms with E-state index in [1.807, 2.05) is 51.1 Å². The number of rotatable bonds is 3. The van der Waals surface area contributed by atoms with Crippen molar-refractivity contribution in [3.8, 4) is 5.75 Å². The first-order valence-corrected chi connectivity index (χ1v) is 5.55. The van der Waals surface area contributed by atoms with Crippen LogP contribution in [-0.4, -0.2) is 13.0 Å². The third-order valence-electron chi connectivity index (χ3n) is 2.09. The lowest BCUT2D eigenvalue weighted by atomic mass is 9.96. The molecule has 0 bridgehead atoms. The third kappa shape index (κ3) is 5.20. The van der Waals surface area contributed by atoms with Crippen LogP contribution in [0.4, 0.5) is 5.69 Å². The highest BCUT2D eigenvalue weighted by Gasteiger charge is 2.05. The van der Waals surface area contributed by atoms with E-state index in [-0.39, 0.29) is 11.3 Å². The smallest absolute Gasteiger partial charge is 0.248 e. The van der Waals surface area contributed by atoms with Crippen LogP contribution in [0.15, 0.2) is 36.4 Å². The number of anilines is 1. The Bertz CT molecular complexity index is 399. The van der Waals surface area contributed by atoms with Gasteiger partial charge in [0.05, 0.1) is 7.11 Å². The van der Waals surface area contributed by atoms with Crippen molar-refractivity contribution in [2.24, 2.45) is 5.41 Å². The van der Waals surface area contributed by atoms with E-state index < -0.39 is 0 Å². The summed E-state index contributed by atoms with van der Waals surface area (Å²) < 4.78 is 5.04. The maximum absolute atomic E-state index is 11.6. The highest BCUT2D eigenvalue weighted by molar-refractivity contribution is 5.99. The maximum Gasteiger partial charge on any atom is 0.248 e. The molecule has 0 heterocycles. The molecule has 92 valence electrons. The number of allylic oxidation sites excluding steroid dienone is 1. The lowest BCUT2D eigenvalue weighted by molar-refractivity contribution is -0.112. The van der Waals surface area contributed by atoms with Crippen LogP contribution < -0.4 is 10.1 Å². The molecule has 0 saturated carbocycles. The Morgan fingerprint density at radius 2 is 1.82 bits per heavy atom. The summed E-state index contributed by atoms with van der Waals surface area (Å²) >= 11 is 0. The monoisotopic (exact) mass is 233 g/mol. The maximum atomic E-state index is 11.6. The zero-order valence-corrected chi connectivity index (χ0v) is 10.8. The van der Waals surface area contributed by atoms with Gasteiger partial charge in [-0.2, -0.15) is 0 Å². The molecular weight excluding hydrogens is 214 g/mol. The predicted octanol–water partition coefficient (Wildman–Crippen LogP) is 3.24. The Hall–Kier alpha value is -1.77. The minimum Gasteiger partial charge on any atom is -0.497 e. The molecular formula is C14H19NO2. The van der Waals surface area contributed by atoms with Crippen LogP contribution in [0.25, 0.3) is 0 Å². The summed E-state index contributed by atoms with van der Waals surface area (Å²) in [6, 6.07) is 7.23. The summed E-state index contributed by atoms with van der Waals surface area (Å²) in [6.45, 7) is 6.14. The van der Waals surface area contributed by atoms with Gasteiger partial charge in [0.1, 0.15) is 5.75 Å². The Morgan fingerprint density at radius 3 is 2.29 bits per heavy atom. The van der Waals surface area contributed by atoms with Crippen LogP contribution in [0.2, 0.25) is 0 Å². The zero-order valence-electron chi connectivity index (χ0n) is 10.8. The van der Waals surface area contributed by atoms with Crippen molar-refractivity contribution in [1.82, 2.24) is 0 Å². The number of carbonyl (C=O) groups excluding carboxylic acids is 1. The number of carbonyl (C=O) groups is 1. The second-order valence-electron chi connectivity index (χ2n) is 4.92. The van der Waals surface area contributed by atoms with E-state index in [1.165, 1.54) is 0 Å². The van der Waals surface area contributed by atoms with Gasteiger partial charge in [0, 0.05) is 5.69 Å². The SMILES string of the molecule is COc1ccc(NC(=O)/C=C/C(C)(C)C)cc1. The molecule has 0 aliphatic rings. The van der Waals surface area contributed by atoms with Gasteiger partial charge in [-0.3, -0.25) is 4.79 Å². The number of hydrogen-bond acceptors (Lipinski definition) is 2. The van der Waals surface area contributed by atoms with E-state index in [0.717, 1.165) is 11.4 Å². The van der Waals surface area contributed by atoms with E-state index in [4.69, 9.17) is 4.74 Å². The molecule has 0 saturated heterocycles. The fourth-order valence-corrected chi connectivity index (χ4v) is 1.18. The van der Waals surface area contributed by atoms with Crippen molar-refractivity contribution in [3.63, 3.8) is 0 Å². The van der Waals surface area contributed by atoms with E-state index in [1.54, 1.807) is 13.2 Å². The fraction of sp³-hybridized carbons (Fsp3) is 0.357. The Balaban J connectivity index is 2.59. The summed E-state index contributed by atoms with van der Waals surface area (Å²) in [5.41, 5.74) is 0.770. The molecule has 1 aromatic rings. The topological polar surface area (TPSA) is 38.3 Å². The van der Waals surface area contributed by atoms with Crippen LogP contribution >= 0.6 is 0 Å². The number of ether oxygens (including phenoxy) is 1. The van der Waals surface area contributed by atoms with Crippen LogP contribution in [0.5, 0.6) is 5.75 Å². The Morgan fingerprint density at radius 1 is 1.24 bits per heavy atom. The van der Waals surface area contributed by atoms with Crippen molar-refractivity contribution < 1.29 is 9.53 Å². The predicted molar refractivity (Wildman–Crippen MR) is 70.2 cm³/mol. The van der Waals surface area contributed by atoms with Crippen molar-refractivity contribution in [3.05, 3.63) is 36.4 Å². The average Bonchev–Trinajstić information content (AvgIpc) is 2.27. The van der Waals surface area contributed by atoms with Crippen molar-refractivity contribution in [2.75, 3.05) is 12.4 Å². The number of hydrogen-bond donors (Lipinski definition) is 1. The molecule has 17 heavy (non-hydrogen) atoms. The zero-order chi connectivity index (χ0) is 12.9. The lowest BCUT2D eigenvalue weighted by Crippen LogP contribution is -2.09. The number of benzene rings is 1. The minimum absolute atomic E-state index is 0.0112. The highest BCUT2D eigenvalue weighted by Crippen LogP contribution is 2.16. The molecule has 0 aliphatic heterocycles. The molecule has 1 aromatic carbocycles. The normalized spacial score (nSPS) is 11.5. The van der Waals surface area contributed by atoms with Gasteiger partial charge in [-0.15, -0.1) is 0 Å². The van der Waals surface area contributed by atoms with Crippen LogP contribution in [-0.2, 0) is 4.79 Å². The molecule has 1 rings (SSSR count). The molecule has 0 spiro atoms. The number of nitrogens with one attached hydrogen (secondary N) is 1. The summed E-state index contributed by atoms with van der Waals surface area (Å²) in [6.07, 6.45) is 3.44. The van der Waals surface area contributed by atoms with Gasteiger partial charge in [-0.25, -0.2) is 0 Å². The molecule has 3 nitrogen and oxygen atoms in total. The van der Waals surface area contributed by atoms with Gasteiger partial charge in [0.2, 0.25) is 5.91 Å². The number of amides is 1. The van der Waals surface area contributed by atoms with E-state index >= 15 is 0 Å². The van der Waals surface area contributed by atoms with Crippen LogP contribution in [0.3, 0.4) is 0 Å². The highest BCUT2D eigenvalue weighted by atomic mass is 16.5. The molecule has 0 radical (unpaired) electrons. The fourth-order valence-electron chi connectivity index (χ4n) is 1.18. The first-order valence-electron chi connectivity index (χ1n) is 5.55. The van der Waals surface area contributed by atoms with E-state index in [9.17, 15) is 4.79 Å². The summed E-state index contributed by atoms with van der Waals surface area (Å²) in [5.74, 6) is 0.651. The molecule has 1 amide bonds. The van der Waals surface area contributed by atoms with Gasteiger partial charge in [-0.05, 0) is 35.8 Å². The second kappa shape index (κ2) is 5.53. The standard InChI is InChI=1S/C14H19NO2/c1-14(2,3)10-9-13(16)15-11-5-7-12(17-4)8-6-11/h5-10H,1-4H3,(H,15,16)/b10-9+. The summed E-state index contributed by atoms with van der Waals surface area (Å²) in [4.78, 5) is 11.6. The first-order chi connectivity index (χ1) is 7.90. The minimum atomic E-state index is -0.120. The van der Waals surface area contributed by atoms with E-state index in [0.29, 0.717) is 0 Å². The molecule has 0 aromatic heterocycles. The quantitative estimate of drug-likeness (QED) is 0.814. The van der Waals surface area contributed by atoms with Gasteiger partial charge >= 0.3 is 0 Å². The largest absolute Gasteiger partial charge is 0.497 e. The lowest BCUT2D eigenvalue weighted by Gasteiger charge is -2.11. The van der Waals surface area contributed by atoms with Crippen LogP contribution in [0, 0.1) is 5.41 Å². The molecule has 0 aliphatic carbocycles. The molecule has 0 unspecified atom stereocenters. The van der Waals surface area contributed by atoms with Gasteiger partial charge in [-0.1, -0.05) is 26.8 Å². The van der Waals surface area contributed by atoms with Gasteiger partial charge < -0.3 is 10.1 Å². The van der Waals surface area contributed by atoms with Crippen molar-refractivity contribution in [2.45, 2.75) is 20.8 Å². The van der Waals surface area contributed by atoms with Gasteiger partial charge in [0.25, 0.3) is 0 Å². The second-order valence-corrected chi connectivity index (χ2v) is 4.92.